The van der Waals surface area contributed by atoms with Crippen LogP contribution in [-0.2, 0) is 25.6 Å². The number of aliphatic hydroxyl groups is 1. The third-order valence-electron chi connectivity index (χ3n) is 6.99. The summed E-state index contributed by atoms with van der Waals surface area (Å²) < 4.78 is 5.84. The van der Waals surface area contributed by atoms with Gasteiger partial charge in [0.1, 0.15) is 29.5 Å². The largest absolute Gasteiger partial charge is 0.480 e. The van der Waals surface area contributed by atoms with Gasteiger partial charge in [0, 0.05) is 24.9 Å². The van der Waals surface area contributed by atoms with Crippen LogP contribution in [0.25, 0.3) is 11.0 Å². The third kappa shape index (κ3) is 7.61. The van der Waals surface area contributed by atoms with Gasteiger partial charge in [0.05, 0.1) is 12.6 Å². The number of nitrogens with zero attached hydrogens (tertiary/aromatic N) is 1. The average molecular weight is 572 g/mol. The van der Waals surface area contributed by atoms with E-state index >= 15 is 0 Å². The number of fused-ring (bicyclic) bond motifs is 1. The van der Waals surface area contributed by atoms with Crippen molar-refractivity contribution in [2.45, 2.75) is 57.8 Å². The Morgan fingerprint density at radius 1 is 1.07 bits per heavy atom. The highest BCUT2D eigenvalue weighted by molar-refractivity contribution is 5.94. The number of aryl methyl sites for hydroxylation is 2. The Labute approximate surface area is 236 Å². The fraction of sp³-hybridized carbons (Fsp3) is 0.444. The van der Waals surface area contributed by atoms with E-state index in [0.29, 0.717) is 24.4 Å². The molecule has 0 saturated heterocycles. The normalized spacial score (nSPS) is 15.9. The predicted molar refractivity (Wildman–Crippen MR) is 150 cm³/mol. The van der Waals surface area contributed by atoms with Crippen LogP contribution in [0.3, 0.4) is 0 Å². The van der Waals surface area contributed by atoms with Crippen LogP contribution in [0.1, 0.15) is 30.2 Å². The number of nitrogens with one attached hydrogen (secondary N) is 4. The molecule has 41 heavy (non-hydrogen) atoms. The summed E-state index contributed by atoms with van der Waals surface area (Å²) in [4.78, 5) is 51.6. The monoisotopic (exact) mass is 571 g/mol. The molecule has 4 unspecified atom stereocenters. The summed E-state index contributed by atoms with van der Waals surface area (Å²) in [6, 6.07) is 0.575. The molecule has 0 spiro atoms. The molecule has 1 aliphatic rings. The number of carboxylic acid groups (broad SMARTS) is 1. The minimum atomic E-state index is -1.40. The van der Waals surface area contributed by atoms with Crippen LogP contribution in [0, 0.1) is 19.3 Å². The van der Waals surface area contributed by atoms with Crippen LogP contribution in [0.5, 0.6) is 0 Å². The Hall–Kier alpha value is -4.43. The van der Waals surface area contributed by atoms with Crippen molar-refractivity contribution < 1.29 is 33.8 Å². The summed E-state index contributed by atoms with van der Waals surface area (Å²) in [7, 11) is 0. The Morgan fingerprint density at radius 2 is 1.76 bits per heavy atom. The van der Waals surface area contributed by atoms with Crippen LogP contribution in [-0.4, -0.2) is 88.6 Å². The van der Waals surface area contributed by atoms with Gasteiger partial charge in [0.15, 0.2) is 5.96 Å². The molecule has 14 nitrogen and oxygen atoms in total. The van der Waals surface area contributed by atoms with Gasteiger partial charge < -0.3 is 46.9 Å². The molecule has 2 heterocycles. The van der Waals surface area contributed by atoms with Crippen LogP contribution in [0.15, 0.2) is 34.3 Å². The van der Waals surface area contributed by atoms with Crippen molar-refractivity contribution in [1.29, 1.82) is 5.41 Å². The number of amides is 3. The van der Waals surface area contributed by atoms with Crippen molar-refractivity contribution in [2.75, 3.05) is 19.7 Å². The molecule has 14 heteroatoms. The SMILES string of the molecule is Cc1cccc2oc(CC(NC(=O)C(C)NC(=O)C(CO)NC(=O)C(N)CC3=CCN(C(=N)N)C3)C(=O)O)c(C)c12. The van der Waals surface area contributed by atoms with Crippen LogP contribution < -0.4 is 27.4 Å². The minimum Gasteiger partial charge on any atom is -0.480 e. The van der Waals surface area contributed by atoms with Gasteiger partial charge in [0.2, 0.25) is 17.7 Å². The molecule has 0 radical (unpaired) electrons. The number of guanidine groups is 1. The molecule has 0 saturated carbocycles. The summed E-state index contributed by atoms with van der Waals surface area (Å²) in [5.41, 5.74) is 14.6. The summed E-state index contributed by atoms with van der Waals surface area (Å²) in [6.07, 6.45) is 1.86. The topological polar surface area (TPSA) is 237 Å². The molecule has 222 valence electrons. The molecule has 0 fully saturated rings. The maximum atomic E-state index is 12.8. The number of rotatable bonds is 12. The quantitative estimate of drug-likeness (QED) is 0.0878. The summed E-state index contributed by atoms with van der Waals surface area (Å²) >= 11 is 0. The second kappa shape index (κ2) is 13.3. The first kappa shape index (κ1) is 31.1. The lowest BCUT2D eigenvalue weighted by molar-refractivity contribution is -0.142. The molecule has 4 atom stereocenters. The maximum absolute atomic E-state index is 12.8. The Balaban J connectivity index is 1.55. The van der Waals surface area contributed by atoms with Crippen LogP contribution >= 0.6 is 0 Å². The third-order valence-corrected chi connectivity index (χ3v) is 6.99. The zero-order valence-corrected chi connectivity index (χ0v) is 23.2. The van der Waals surface area contributed by atoms with Crippen molar-refractivity contribution in [1.82, 2.24) is 20.9 Å². The Kier molecular flexibility index (Phi) is 10.1. The van der Waals surface area contributed by atoms with Crippen molar-refractivity contribution in [3.05, 3.63) is 46.7 Å². The van der Waals surface area contributed by atoms with E-state index < -0.39 is 54.5 Å². The summed E-state index contributed by atoms with van der Waals surface area (Å²) in [5, 5.41) is 34.9. The smallest absolute Gasteiger partial charge is 0.326 e. The van der Waals surface area contributed by atoms with Crippen molar-refractivity contribution in [3.8, 4) is 0 Å². The zero-order valence-electron chi connectivity index (χ0n) is 23.2. The molecular formula is C27H37N7O7. The van der Waals surface area contributed by atoms with Crippen LogP contribution in [0.4, 0.5) is 0 Å². The van der Waals surface area contributed by atoms with E-state index in [9.17, 15) is 29.4 Å². The predicted octanol–water partition coefficient (Wildman–Crippen LogP) is -1.00. The summed E-state index contributed by atoms with van der Waals surface area (Å²) in [6.45, 7) is 5.11. The standard InChI is InChI=1S/C27H37N7O7/c1-13-5-4-6-20-22(13)14(2)21(41-20)10-18(26(39)40)32-23(36)15(3)31-25(38)19(12-35)33-24(37)17(28)9-16-7-8-34(11-16)27(29)30/h4-7,15,17-19,35H,8-12,28H2,1-3H3,(H3,29,30)(H,31,38)(H,32,36)(H,33,37)(H,39,40). The first-order valence-corrected chi connectivity index (χ1v) is 13.1. The lowest BCUT2D eigenvalue weighted by atomic mass is 10.0. The van der Waals surface area contributed by atoms with E-state index in [1.807, 2.05) is 32.1 Å². The van der Waals surface area contributed by atoms with Crippen LogP contribution in [0.2, 0.25) is 0 Å². The van der Waals surface area contributed by atoms with Gasteiger partial charge in [-0.15, -0.1) is 0 Å². The second-order valence-corrected chi connectivity index (χ2v) is 10.1. The van der Waals surface area contributed by atoms with Gasteiger partial charge in [-0.3, -0.25) is 19.8 Å². The van der Waals surface area contributed by atoms with E-state index in [0.717, 1.165) is 22.1 Å². The van der Waals surface area contributed by atoms with E-state index in [1.165, 1.54) is 6.92 Å². The maximum Gasteiger partial charge on any atom is 0.326 e. The first-order valence-electron chi connectivity index (χ1n) is 13.1. The molecule has 0 bridgehead atoms. The molecule has 3 rings (SSSR count). The second-order valence-electron chi connectivity index (χ2n) is 10.1. The fourth-order valence-electron chi connectivity index (χ4n) is 4.60. The number of hydrogen-bond donors (Lipinski definition) is 8. The number of aliphatic hydroxyl groups excluding tert-OH is 1. The number of nitrogens with two attached hydrogens (primary N) is 2. The van der Waals surface area contributed by atoms with Gasteiger partial charge in [-0.25, -0.2) is 4.79 Å². The molecule has 1 aromatic heterocycles. The van der Waals surface area contributed by atoms with Gasteiger partial charge >= 0.3 is 5.97 Å². The van der Waals surface area contributed by atoms with E-state index in [4.69, 9.17) is 21.3 Å². The molecule has 1 aromatic carbocycles. The number of carbonyl (C=O) groups is 4. The molecule has 10 N–H and O–H groups in total. The van der Waals surface area contributed by atoms with Gasteiger partial charge in [-0.05, 0) is 44.4 Å². The van der Waals surface area contributed by atoms with E-state index in [1.54, 1.807) is 11.0 Å². The minimum absolute atomic E-state index is 0.0983. The van der Waals surface area contributed by atoms with Gasteiger partial charge in [0.25, 0.3) is 0 Å². The van der Waals surface area contributed by atoms with Crippen molar-refractivity contribution in [2.24, 2.45) is 11.5 Å². The molecule has 0 aliphatic carbocycles. The number of furan rings is 1. The molecule has 3 amide bonds. The highest BCUT2D eigenvalue weighted by Gasteiger charge is 2.30. The van der Waals surface area contributed by atoms with E-state index in [-0.39, 0.29) is 18.8 Å². The number of aliphatic carboxylic acids is 1. The number of carboxylic acids is 1. The van der Waals surface area contributed by atoms with Crippen molar-refractivity contribution in [3.63, 3.8) is 0 Å². The Bertz CT molecular complexity index is 1370. The lowest BCUT2D eigenvalue weighted by Gasteiger charge is -2.22. The first-order chi connectivity index (χ1) is 19.3. The number of carbonyl (C=O) groups excluding carboxylic acids is 3. The zero-order chi connectivity index (χ0) is 30.4. The lowest BCUT2D eigenvalue weighted by Crippen LogP contribution is -2.57. The molecule has 2 aromatic rings. The fourth-order valence-corrected chi connectivity index (χ4v) is 4.60. The van der Waals surface area contributed by atoms with Crippen molar-refractivity contribution >= 4 is 40.6 Å². The molecular weight excluding hydrogens is 534 g/mol. The van der Waals surface area contributed by atoms with E-state index in [2.05, 4.69) is 16.0 Å². The number of hydrogen-bond acceptors (Lipinski definition) is 8. The highest BCUT2D eigenvalue weighted by atomic mass is 16.4. The molecule has 1 aliphatic heterocycles. The summed E-state index contributed by atoms with van der Waals surface area (Å²) in [5.74, 6) is -3.29. The average Bonchev–Trinajstić information content (AvgIpc) is 3.51. The highest BCUT2D eigenvalue weighted by Crippen LogP contribution is 2.28. The van der Waals surface area contributed by atoms with Gasteiger partial charge in [-0.2, -0.15) is 0 Å². The van der Waals surface area contributed by atoms with Gasteiger partial charge in [-0.1, -0.05) is 23.8 Å². The Morgan fingerprint density at radius 3 is 2.34 bits per heavy atom. The number of benzene rings is 1.